The first kappa shape index (κ1) is 27.0. The molecule has 0 bridgehead atoms. The second kappa shape index (κ2) is 14.2. The predicted octanol–water partition coefficient (Wildman–Crippen LogP) is 14.8. The van der Waals surface area contributed by atoms with Gasteiger partial charge in [0.15, 0.2) is 0 Å². The van der Waals surface area contributed by atoms with Crippen molar-refractivity contribution in [3.05, 3.63) is 206 Å². The van der Waals surface area contributed by atoms with E-state index in [-0.39, 0.29) is 39.6 Å². The first-order valence-electron chi connectivity index (χ1n) is 22.1. The number of pyridine rings is 2. The molecular formula is C54H36N2O. The zero-order valence-electron chi connectivity index (χ0n) is 37.7. The molecule has 0 saturated carbocycles. The van der Waals surface area contributed by atoms with Gasteiger partial charge in [-0.2, -0.15) is 0 Å². The number of aromatic nitrogens is 2. The Balaban J connectivity index is 1.20. The van der Waals surface area contributed by atoms with Crippen LogP contribution >= 0.6 is 0 Å². The van der Waals surface area contributed by atoms with Gasteiger partial charge in [-0.25, -0.2) is 4.98 Å². The van der Waals surface area contributed by atoms with E-state index in [1.165, 1.54) is 0 Å². The zero-order chi connectivity index (χ0) is 44.4. The van der Waals surface area contributed by atoms with E-state index in [9.17, 15) is 0 Å². The highest BCUT2D eigenvalue weighted by molar-refractivity contribution is 6.10. The monoisotopic (exact) mass is 735 g/mol. The van der Waals surface area contributed by atoms with Crippen molar-refractivity contribution in [3.8, 4) is 67.3 Å². The van der Waals surface area contributed by atoms with Crippen molar-refractivity contribution in [1.29, 1.82) is 0 Å². The summed E-state index contributed by atoms with van der Waals surface area (Å²) in [5, 5.41) is 1.74. The maximum Gasteiger partial charge on any atom is 0.143 e. The molecule has 3 nitrogen and oxygen atoms in total. The Labute approximate surface area is 341 Å². The second-order valence-electron chi connectivity index (χ2n) is 13.6. The Morgan fingerprint density at radius 1 is 0.474 bits per heavy atom. The molecule has 3 heteroatoms. The van der Waals surface area contributed by atoms with Crippen LogP contribution in [0.5, 0.6) is 0 Å². The third-order valence-electron chi connectivity index (χ3n) is 10.4. The van der Waals surface area contributed by atoms with E-state index in [0.717, 1.165) is 66.8 Å². The summed E-state index contributed by atoms with van der Waals surface area (Å²) in [6.07, 6.45) is 2.92. The fourth-order valence-corrected chi connectivity index (χ4v) is 7.87. The number of hydrogen-bond donors (Lipinski definition) is 0. The highest BCUT2D eigenvalue weighted by Gasteiger charge is 2.27. The Kier molecular flexibility index (Phi) is 6.75. The number of rotatable bonds is 8. The van der Waals surface area contributed by atoms with Crippen LogP contribution in [-0.2, 0) is 0 Å². The van der Waals surface area contributed by atoms with E-state index in [1.54, 1.807) is 12.2 Å². The van der Waals surface area contributed by atoms with E-state index < -0.39 is 30.3 Å². The average molecular weight is 736 g/mol. The summed E-state index contributed by atoms with van der Waals surface area (Å²) < 4.78 is 67.7. The minimum Gasteiger partial charge on any atom is -0.455 e. The van der Waals surface area contributed by atoms with Crippen molar-refractivity contribution in [2.75, 3.05) is 0 Å². The van der Waals surface area contributed by atoms with Gasteiger partial charge in [0.25, 0.3) is 0 Å². The Bertz CT molecular complexity index is 3550. The van der Waals surface area contributed by atoms with Gasteiger partial charge in [-0.3, -0.25) is 4.98 Å². The molecule has 0 amide bonds. The van der Waals surface area contributed by atoms with Gasteiger partial charge in [0, 0.05) is 44.8 Å². The first-order chi connectivity index (χ1) is 31.1. The van der Waals surface area contributed by atoms with E-state index in [0.29, 0.717) is 16.7 Å². The molecular weight excluding hydrogens is 693 g/mol. The third kappa shape index (κ3) is 5.76. The van der Waals surface area contributed by atoms with Crippen molar-refractivity contribution in [3.63, 3.8) is 0 Å². The van der Waals surface area contributed by atoms with Gasteiger partial charge in [-0.1, -0.05) is 183 Å². The normalized spacial score (nSPS) is 13.0. The van der Waals surface area contributed by atoms with Crippen LogP contribution in [0.2, 0.25) is 0 Å². The molecule has 10 rings (SSSR count). The summed E-state index contributed by atoms with van der Waals surface area (Å²) in [4.78, 5) is 9.05. The Morgan fingerprint density at radius 3 is 1.65 bits per heavy atom. The molecule has 7 aromatic carbocycles. The summed E-state index contributed by atoms with van der Waals surface area (Å²) >= 11 is 0. The topological polar surface area (TPSA) is 38.9 Å². The summed E-state index contributed by atoms with van der Waals surface area (Å²) in [5.41, 5.74) is 9.53. The van der Waals surface area contributed by atoms with E-state index in [2.05, 4.69) is 78.8 Å². The minimum absolute atomic E-state index is 0.00784. The maximum atomic E-state index is 9.16. The van der Waals surface area contributed by atoms with E-state index in [1.807, 2.05) is 78.9 Å². The molecule has 268 valence electrons. The van der Waals surface area contributed by atoms with E-state index in [4.69, 9.17) is 19.0 Å². The molecule has 10 aromatic rings. The van der Waals surface area contributed by atoms with Crippen LogP contribution in [0.1, 0.15) is 20.7 Å². The number of furan rings is 1. The number of fused-ring (bicyclic) bond motifs is 4. The lowest BCUT2D eigenvalue weighted by molar-refractivity contribution is 0.599. The highest BCUT2D eigenvalue weighted by Crippen LogP contribution is 2.50. The lowest BCUT2D eigenvalue weighted by Gasteiger charge is -2.18. The van der Waals surface area contributed by atoms with Gasteiger partial charge < -0.3 is 4.42 Å². The Morgan fingerprint density at radius 2 is 0.982 bits per heavy atom. The molecule has 0 atom stereocenters. The molecule has 0 aliphatic heterocycles. The maximum absolute atomic E-state index is 9.16. The molecule has 3 aromatic heterocycles. The summed E-state index contributed by atoms with van der Waals surface area (Å²) in [7, 11) is 0. The highest BCUT2D eigenvalue weighted by atomic mass is 16.3. The van der Waals surface area contributed by atoms with Gasteiger partial charge >= 0.3 is 0 Å². The smallest absolute Gasteiger partial charge is 0.143 e. The molecule has 0 aliphatic carbocycles. The van der Waals surface area contributed by atoms with Crippen molar-refractivity contribution >= 4 is 44.7 Å². The number of nitrogens with zero attached hydrogens (tertiary/aromatic N) is 2. The molecule has 0 radical (unpaired) electrons. The number of benzene rings is 7. The lowest BCUT2D eigenvalue weighted by Crippen LogP contribution is -1.96. The van der Waals surface area contributed by atoms with Gasteiger partial charge in [0.2, 0.25) is 0 Å². The van der Waals surface area contributed by atoms with Crippen molar-refractivity contribution in [2.45, 2.75) is 0 Å². The molecule has 57 heavy (non-hydrogen) atoms. The van der Waals surface area contributed by atoms with Crippen molar-refractivity contribution in [1.82, 2.24) is 9.97 Å². The van der Waals surface area contributed by atoms with Gasteiger partial charge in [0.1, 0.15) is 11.5 Å². The molecule has 0 fully saturated rings. The van der Waals surface area contributed by atoms with Crippen LogP contribution in [-0.4, -0.2) is 9.97 Å². The van der Waals surface area contributed by atoms with Gasteiger partial charge in [-0.05, 0) is 62.3 Å². The van der Waals surface area contributed by atoms with Crippen LogP contribution in [0.15, 0.2) is 200 Å². The summed E-state index contributed by atoms with van der Waals surface area (Å²) in [6.45, 7) is 8.38. The van der Waals surface area contributed by atoms with Gasteiger partial charge in [-0.15, -0.1) is 0 Å². The van der Waals surface area contributed by atoms with Crippen LogP contribution in [0.3, 0.4) is 0 Å². The quantitative estimate of drug-likeness (QED) is 0.146. The fourth-order valence-electron chi connectivity index (χ4n) is 7.87. The number of hydrogen-bond acceptors (Lipinski definition) is 3. The Hall–Kier alpha value is -7.62. The van der Waals surface area contributed by atoms with Crippen molar-refractivity contribution in [2.24, 2.45) is 0 Å². The first-order valence-corrected chi connectivity index (χ1v) is 18.6. The lowest BCUT2D eigenvalue weighted by atomic mass is 9.86. The van der Waals surface area contributed by atoms with E-state index >= 15 is 0 Å². The molecule has 0 saturated heterocycles. The average Bonchev–Trinajstić information content (AvgIpc) is 3.74. The second-order valence-corrected chi connectivity index (χ2v) is 13.6. The fraction of sp³-hybridized carbons (Fsp3) is 0. The predicted molar refractivity (Wildman–Crippen MR) is 240 cm³/mol. The molecule has 0 spiro atoms. The molecule has 3 heterocycles. The molecule has 0 N–H and O–H groups in total. The van der Waals surface area contributed by atoms with Crippen LogP contribution in [0.4, 0.5) is 0 Å². The zero-order valence-corrected chi connectivity index (χ0v) is 30.7. The summed E-state index contributed by atoms with van der Waals surface area (Å²) in [6, 6.07) is 44.7. The minimum atomic E-state index is -0.485. The van der Waals surface area contributed by atoms with Gasteiger partial charge in [0.05, 0.1) is 26.3 Å². The van der Waals surface area contributed by atoms with Crippen LogP contribution in [0.25, 0.3) is 112 Å². The largest absolute Gasteiger partial charge is 0.455 e. The van der Waals surface area contributed by atoms with Crippen LogP contribution < -0.4 is 0 Å². The molecule has 0 unspecified atom stereocenters. The third-order valence-corrected chi connectivity index (χ3v) is 10.4. The van der Waals surface area contributed by atoms with Crippen LogP contribution in [0, 0.1) is 0 Å². The summed E-state index contributed by atoms with van der Waals surface area (Å²) in [5.74, 6) is 1.50. The van der Waals surface area contributed by atoms with Crippen molar-refractivity contribution < 1.29 is 14.0 Å². The standard InChI is InChI=1S/C54H36N2O/c1-3-40-41(4-2)46(48-33-28-38-27-26-37-23-16-34-55-51(37)52(38)56-48)31-29-44(40)45-30-32-47(43-25-15-14-24-42(43)45)54-50(36-19-10-6-11-20-36)49(35-17-8-5-9-18-35)53(57-54)39-21-12-7-13-22-39/h3-34H,1-2H2/i16D,23D,26D,27D,28D,33D,34D. The molecule has 0 aliphatic rings. The SMILES string of the molecule is [2H]c1nc2c(c([2H])c1[2H])c([2H])c([2H])c1c([2H])c([2H])c(-c3ccc(-c4ccc(-c5oc(-c6ccccc6)c(-c6ccccc6)c5-c5ccccc5)c5ccccc45)c(C=C)c3C=C)nc12.